The van der Waals surface area contributed by atoms with Gasteiger partial charge in [0.15, 0.2) is 0 Å². The minimum absolute atomic E-state index is 0.324. The highest BCUT2D eigenvalue weighted by atomic mass is 32.1. The zero-order valence-electron chi connectivity index (χ0n) is 10.0. The molecule has 0 aliphatic heterocycles. The molecule has 1 aliphatic carbocycles. The van der Waals surface area contributed by atoms with Crippen LogP contribution < -0.4 is 5.32 Å². The van der Waals surface area contributed by atoms with E-state index >= 15 is 0 Å². The fraction of sp³-hybridized carbons (Fsp3) is 0.667. The molecule has 0 spiro atoms. The third-order valence-electron chi connectivity index (χ3n) is 3.54. The van der Waals surface area contributed by atoms with Gasteiger partial charge in [-0.05, 0) is 36.7 Å². The predicted octanol–water partition coefficient (Wildman–Crippen LogP) is 3.31. The summed E-state index contributed by atoms with van der Waals surface area (Å²) >= 11 is 1.40. The van der Waals surface area contributed by atoms with Gasteiger partial charge in [-0.25, -0.2) is 0 Å². The zero-order chi connectivity index (χ0) is 11.8. The van der Waals surface area contributed by atoms with Crippen molar-refractivity contribution >= 4 is 16.5 Å². The molecule has 0 radical (unpaired) electrons. The third-order valence-corrected chi connectivity index (χ3v) is 4.41. The van der Waals surface area contributed by atoms with Gasteiger partial charge in [0.05, 0.1) is 5.69 Å². The number of rotatable bonds is 2. The monoisotopic (exact) mass is 235 g/mol. The summed E-state index contributed by atoms with van der Waals surface area (Å²) in [6, 6.07) is 2.70. The van der Waals surface area contributed by atoms with Crippen molar-refractivity contribution in [2.75, 3.05) is 5.32 Å². The first-order chi connectivity index (χ1) is 7.54. The summed E-state index contributed by atoms with van der Waals surface area (Å²) < 4.78 is 4.23. The second-order valence-electron chi connectivity index (χ2n) is 5.16. The lowest BCUT2D eigenvalue weighted by Gasteiger charge is -2.28. The van der Waals surface area contributed by atoms with Crippen LogP contribution in [0.1, 0.15) is 44.4 Å². The van der Waals surface area contributed by atoms with Crippen molar-refractivity contribution in [1.29, 1.82) is 5.26 Å². The van der Waals surface area contributed by atoms with Gasteiger partial charge < -0.3 is 5.32 Å². The highest BCUT2D eigenvalue weighted by molar-refractivity contribution is 7.10. The van der Waals surface area contributed by atoms with E-state index < -0.39 is 0 Å². The Bertz CT molecular complexity index is 428. The summed E-state index contributed by atoms with van der Waals surface area (Å²) in [6.07, 6.45) is 3.71. The summed E-state index contributed by atoms with van der Waals surface area (Å²) in [5.74, 6) is 0. The number of hydrogen-bond donors (Lipinski definition) is 1. The SMILES string of the molecule is Cc1nsc(NC2CCCC2(C)C)c1C#N. The first kappa shape index (κ1) is 11.4. The molecule has 0 bridgehead atoms. The van der Waals surface area contributed by atoms with Gasteiger partial charge in [0, 0.05) is 6.04 Å². The molecule has 3 nitrogen and oxygen atoms in total. The largest absolute Gasteiger partial charge is 0.371 e. The van der Waals surface area contributed by atoms with Crippen LogP contribution in [0.5, 0.6) is 0 Å². The lowest BCUT2D eigenvalue weighted by molar-refractivity contribution is 0.350. The number of aromatic nitrogens is 1. The van der Waals surface area contributed by atoms with Gasteiger partial charge in [-0.3, -0.25) is 0 Å². The average Bonchev–Trinajstić information content (AvgIpc) is 2.72. The van der Waals surface area contributed by atoms with Gasteiger partial charge in [0.25, 0.3) is 0 Å². The number of nitriles is 1. The van der Waals surface area contributed by atoms with Crippen LogP contribution in [0.25, 0.3) is 0 Å². The standard InChI is InChI=1S/C12H17N3S/c1-8-9(7-13)11(16-15-8)14-10-5-4-6-12(10,2)3/h10,14H,4-6H2,1-3H3. The lowest BCUT2D eigenvalue weighted by Crippen LogP contribution is -2.30. The first-order valence-electron chi connectivity index (χ1n) is 5.67. The molecule has 0 amide bonds. The van der Waals surface area contributed by atoms with E-state index in [1.165, 1.54) is 30.8 Å². The molecule has 16 heavy (non-hydrogen) atoms. The van der Waals surface area contributed by atoms with Crippen molar-refractivity contribution in [3.05, 3.63) is 11.3 Å². The van der Waals surface area contributed by atoms with E-state index in [0.29, 0.717) is 17.0 Å². The summed E-state index contributed by atoms with van der Waals surface area (Å²) in [6.45, 7) is 6.47. The lowest BCUT2D eigenvalue weighted by atomic mass is 9.87. The first-order valence-corrected chi connectivity index (χ1v) is 6.45. The minimum atomic E-state index is 0.324. The molecule has 1 saturated carbocycles. The molecule has 1 heterocycles. The Morgan fingerprint density at radius 3 is 2.88 bits per heavy atom. The maximum absolute atomic E-state index is 9.07. The van der Waals surface area contributed by atoms with Crippen LogP contribution in [-0.2, 0) is 0 Å². The minimum Gasteiger partial charge on any atom is -0.371 e. The van der Waals surface area contributed by atoms with Crippen molar-refractivity contribution in [3.63, 3.8) is 0 Å². The van der Waals surface area contributed by atoms with Crippen LogP contribution in [0.2, 0.25) is 0 Å². The Kier molecular flexibility index (Phi) is 2.90. The number of nitrogens with one attached hydrogen (secondary N) is 1. The molecule has 1 atom stereocenters. The van der Waals surface area contributed by atoms with Crippen molar-refractivity contribution in [2.24, 2.45) is 5.41 Å². The molecule has 1 aliphatic rings. The van der Waals surface area contributed by atoms with E-state index in [9.17, 15) is 0 Å². The van der Waals surface area contributed by atoms with Gasteiger partial charge in [0.1, 0.15) is 16.6 Å². The van der Waals surface area contributed by atoms with E-state index in [1.54, 1.807) is 0 Å². The van der Waals surface area contributed by atoms with Crippen molar-refractivity contribution < 1.29 is 0 Å². The normalized spacial score (nSPS) is 23.0. The molecule has 0 aromatic carbocycles. The van der Waals surface area contributed by atoms with Crippen LogP contribution in [0, 0.1) is 23.7 Å². The molecule has 1 aromatic heterocycles. The van der Waals surface area contributed by atoms with Gasteiger partial charge >= 0.3 is 0 Å². The van der Waals surface area contributed by atoms with Gasteiger partial charge in [0.2, 0.25) is 0 Å². The molecule has 1 aromatic rings. The molecule has 4 heteroatoms. The quantitative estimate of drug-likeness (QED) is 0.855. The summed E-state index contributed by atoms with van der Waals surface area (Å²) in [7, 11) is 0. The van der Waals surface area contributed by atoms with Gasteiger partial charge in [-0.1, -0.05) is 20.3 Å². The maximum Gasteiger partial charge on any atom is 0.127 e. The molecule has 0 saturated heterocycles. The van der Waals surface area contributed by atoms with Crippen LogP contribution >= 0.6 is 11.5 Å². The van der Waals surface area contributed by atoms with Crippen molar-refractivity contribution in [2.45, 2.75) is 46.1 Å². The molecule has 1 unspecified atom stereocenters. The summed E-state index contributed by atoms with van der Waals surface area (Å²) in [5.41, 5.74) is 1.88. The predicted molar refractivity (Wildman–Crippen MR) is 66.6 cm³/mol. The van der Waals surface area contributed by atoms with E-state index in [-0.39, 0.29) is 0 Å². The van der Waals surface area contributed by atoms with Gasteiger partial charge in [-0.15, -0.1) is 0 Å². The van der Waals surface area contributed by atoms with Crippen LogP contribution in [0.15, 0.2) is 0 Å². The highest BCUT2D eigenvalue weighted by Gasteiger charge is 2.35. The third kappa shape index (κ3) is 1.92. The Hall–Kier alpha value is -1.08. The van der Waals surface area contributed by atoms with E-state index in [1.807, 2.05) is 6.92 Å². The number of hydrogen-bond acceptors (Lipinski definition) is 4. The number of nitrogens with zero attached hydrogens (tertiary/aromatic N) is 2. The number of anilines is 1. The Morgan fingerprint density at radius 2 is 2.31 bits per heavy atom. The smallest absolute Gasteiger partial charge is 0.127 e. The zero-order valence-corrected chi connectivity index (χ0v) is 10.8. The van der Waals surface area contributed by atoms with Crippen LogP contribution in [-0.4, -0.2) is 10.4 Å². The second-order valence-corrected chi connectivity index (χ2v) is 5.94. The van der Waals surface area contributed by atoms with E-state index in [4.69, 9.17) is 5.26 Å². The fourth-order valence-corrected chi connectivity index (χ4v) is 3.15. The fourth-order valence-electron chi connectivity index (χ4n) is 2.35. The highest BCUT2D eigenvalue weighted by Crippen LogP contribution is 2.40. The Labute approximate surface area is 101 Å². The summed E-state index contributed by atoms with van der Waals surface area (Å²) in [5, 5.41) is 13.5. The van der Waals surface area contributed by atoms with Gasteiger partial charge in [-0.2, -0.15) is 9.64 Å². The number of aryl methyl sites for hydroxylation is 1. The molecular formula is C12H17N3S. The van der Waals surface area contributed by atoms with Crippen molar-refractivity contribution in [3.8, 4) is 6.07 Å². The molecular weight excluding hydrogens is 218 g/mol. The van der Waals surface area contributed by atoms with E-state index in [2.05, 4.69) is 29.6 Å². The molecule has 1 fully saturated rings. The Morgan fingerprint density at radius 1 is 1.56 bits per heavy atom. The Balaban J connectivity index is 2.19. The average molecular weight is 235 g/mol. The second kappa shape index (κ2) is 4.06. The topological polar surface area (TPSA) is 48.7 Å². The summed E-state index contributed by atoms with van der Waals surface area (Å²) in [4.78, 5) is 0. The molecule has 1 N–H and O–H groups in total. The van der Waals surface area contributed by atoms with Crippen LogP contribution in [0.4, 0.5) is 5.00 Å². The van der Waals surface area contributed by atoms with E-state index in [0.717, 1.165) is 10.7 Å². The molecule has 86 valence electrons. The molecule has 2 rings (SSSR count). The maximum atomic E-state index is 9.07. The van der Waals surface area contributed by atoms with Crippen LogP contribution in [0.3, 0.4) is 0 Å². The van der Waals surface area contributed by atoms with Crippen molar-refractivity contribution in [1.82, 2.24) is 4.37 Å².